The summed E-state index contributed by atoms with van der Waals surface area (Å²) < 4.78 is 0. The number of hydrogen-bond donors (Lipinski definition) is 1. The molecule has 0 spiro atoms. The molecule has 1 aliphatic heterocycles. The number of anilines is 2. The molecule has 1 aliphatic carbocycles. The van der Waals surface area contributed by atoms with Crippen LogP contribution in [0.2, 0.25) is 0 Å². The smallest absolute Gasteiger partial charge is 0.255 e. The van der Waals surface area contributed by atoms with Gasteiger partial charge in [0.05, 0.1) is 17.5 Å². The number of nitrogens with one attached hydrogen (secondary N) is 1. The summed E-state index contributed by atoms with van der Waals surface area (Å²) >= 11 is 0. The third-order valence-corrected chi connectivity index (χ3v) is 5.95. The molecule has 144 valence electrons. The predicted octanol–water partition coefficient (Wildman–Crippen LogP) is 4.17. The highest BCUT2D eigenvalue weighted by molar-refractivity contribution is 6.22. The monoisotopic (exact) mass is 376 g/mol. The van der Waals surface area contributed by atoms with E-state index < -0.39 is 0 Å². The first-order valence-corrected chi connectivity index (χ1v) is 9.80. The summed E-state index contributed by atoms with van der Waals surface area (Å²) in [6.45, 7) is 4.06. The quantitative estimate of drug-likeness (QED) is 0.818. The molecule has 5 nitrogen and oxygen atoms in total. The lowest BCUT2D eigenvalue weighted by Crippen LogP contribution is -2.31. The van der Waals surface area contributed by atoms with Gasteiger partial charge < -0.3 is 5.32 Å². The van der Waals surface area contributed by atoms with E-state index in [1.165, 1.54) is 4.90 Å². The Kier molecular flexibility index (Phi) is 4.75. The maximum Gasteiger partial charge on any atom is 0.255 e. The molecule has 0 aromatic heterocycles. The molecule has 2 aromatic carbocycles. The zero-order chi connectivity index (χ0) is 19.8. The van der Waals surface area contributed by atoms with Crippen LogP contribution < -0.4 is 10.2 Å². The summed E-state index contributed by atoms with van der Waals surface area (Å²) in [6, 6.07) is 14.3. The number of aryl methyl sites for hydroxylation is 1. The second-order valence-corrected chi connectivity index (χ2v) is 7.96. The lowest BCUT2D eigenvalue weighted by atomic mass is 9.76. The number of carbonyl (C=O) groups excluding carboxylic acids is 3. The van der Waals surface area contributed by atoms with Gasteiger partial charge in [-0.1, -0.05) is 31.2 Å². The van der Waals surface area contributed by atoms with E-state index in [-0.39, 0.29) is 29.6 Å². The summed E-state index contributed by atoms with van der Waals surface area (Å²) in [5, 5.41) is 2.90. The largest absolute Gasteiger partial charge is 0.322 e. The van der Waals surface area contributed by atoms with Crippen LogP contribution in [0.25, 0.3) is 0 Å². The molecule has 1 saturated carbocycles. The molecule has 1 N–H and O–H groups in total. The number of imide groups is 1. The van der Waals surface area contributed by atoms with Crippen LogP contribution in [0.5, 0.6) is 0 Å². The van der Waals surface area contributed by atoms with E-state index in [9.17, 15) is 14.4 Å². The fourth-order valence-electron chi connectivity index (χ4n) is 4.34. The Morgan fingerprint density at radius 1 is 1.00 bits per heavy atom. The molecule has 2 fully saturated rings. The zero-order valence-electron chi connectivity index (χ0n) is 16.1. The zero-order valence-corrected chi connectivity index (χ0v) is 16.1. The first-order valence-electron chi connectivity index (χ1n) is 9.80. The minimum absolute atomic E-state index is 0.127. The number of benzene rings is 2. The minimum Gasteiger partial charge on any atom is -0.322 e. The molecule has 2 aliphatic rings. The fourth-order valence-corrected chi connectivity index (χ4v) is 4.34. The maximum atomic E-state index is 12.9. The van der Waals surface area contributed by atoms with E-state index in [2.05, 4.69) is 12.2 Å². The van der Waals surface area contributed by atoms with Crippen LogP contribution in [0.4, 0.5) is 11.4 Å². The van der Waals surface area contributed by atoms with E-state index >= 15 is 0 Å². The van der Waals surface area contributed by atoms with Gasteiger partial charge in [0.25, 0.3) is 5.91 Å². The second kappa shape index (κ2) is 7.23. The van der Waals surface area contributed by atoms with Crippen molar-refractivity contribution in [3.63, 3.8) is 0 Å². The Balaban J connectivity index is 1.59. The number of fused-ring (bicyclic) bond motifs is 1. The molecular formula is C23H24N2O3. The van der Waals surface area contributed by atoms with Crippen molar-refractivity contribution in [2.24, 2.45) is 17.8 Å². The average molecular weight is 376 g/mol. The Morgan fingerprint density at radius 3 is 2.54 bits per heavy atom. The van der Waals surface area contributed by atoms with Crippen LogP contribution in [-0.2, 0) is 9.59 Å². The van der Waals surface area contributed by atoms with Crippen molar-refractivity contribution in [1.82, 2.24) is 0 Å². The number of rotatable bonds is 3. The van der Waals surface area contributed by atoms with E-state index in [4.69, 9.17) is 0 Å². The lowest BCUT2D eigenvalue weighted by molar-refractivity contribution is -0.122. The number of hydrogen-bond acceptors (Lipinski definition) is 3. The molecule has 3 amide bonds. The van der Waals surface area contributed by atoms with Crippen molar-refractivity contribution >= 4 is 29.1 Å². The van der Waals surface area contributed by atoms with Gasteiger partial charge in [0.1, 0.15) is 0 Å². The fraction of sp³-hybridized carbons (Fsp3) is 0.348. The molecule has 0 unspecified atom stereocenters. The molecule has 4 rings (SSSR count). The molecule has 2 aromatic rings. The number of amides is 3. The Labute approximate surface area is 164 Å². The van der Waals surface area contributed by atoms with Gasteiger partial charge in [-0.15, -0.1) is 0 Å². The summed E-state index contributed by atoms with van der Waals surface area (Å²) in [7, 11) is 0. The average Bonchev–Trinajstić information content (AvgIpc) is 2.93. The molecule has 5 heteroatoms. The summed E-state index contributed by atoms with van der Waals surface area (Å²) in [5.41, 5.74) is 2.61. The lowest BCUT2D eigenvalue weighted by Gasteiger charge is -2.25. The molecule has 0 bridgehead atoms. The SMILES string of the molecule is Cc1ccccc1NC(=O)c1cccc(N2C(=O)[C@H]3CC[C@@H](C)C[C@H]3C2=O)c1. The van der Waals surface area contributed by atoms with Crippen molar-refractivity contribution in [3.8, 4) is 0 Å². The van der Waals surface area contributed by atoms with E-state index in [0.717, 1.165) is 30.5 Å². The van der Waals surface area contributed by atoms with Gasteiger partial charge in [-0.3, -0.25) is 19.3 Å². The van der Waals surface area contributed by atoms with E-state index in [0.29, 0.717) is 17.2 Å². The highest BCUT2D eigenvalue weighted by atomic mass is 16.2. The summed E-state index contributed by atoms with van der Waals surface area (Å²) in [4.78, 5) is 39.8. The summed E-state index contributed by atoms with van der Waals surface area (Å²) in [5.74, 6) is -0.490. The molecular weight excluding hydrogens is 352 g/mol. The normalized spacial score (nSPS) is 24.2. The highest BCUT2D eigenvalue weighted by Crippen LogP contribution is 2.42. The van der Waals surface area contributed by atoms with Crippen LogP contribution >= 0.6 is 0 Å². The first kappa shape index (κ1) is 18.4. The van der Waals surface area contributed by atoms with Crippen molar-refractivity contribution < 1.29 is 14.4 Å². The van der Waals surface area contributed by atoms with E-state index in [1.54, 1.807) is 24.3 Å². The van der Waals surface area contributed by atoms with Crippen LogP contribution in [0.3, 0.4) is 0 Å². The number of carbonyl (C=O) groups is 3. The third-order valence-electron chi connectivity index (χ3n) is 5.95. The molecule has 28 heavy (non-hydrogen) atoms. The predicted molar refractivity (Wildman–Crippen MR) is 108 cm³/mol. The van der Waals surface area contributed by atoms with Crippen LogP contribution in [0, 0.1) is 24.7 Å². The molecule has 1 heterocycles. The van der Waals surface area contributed by atoms with Gasteiger partial charge in [-0.2, -0.15) is 0 Å². The Bertz CT molecular complexity index is 952. The van der Waals surface area contributed by atoms with Gasteiger partial charge >= 0.3 is 0 Å². The maximum absolute atomic E-state index is 12.9. The van der Waals surface area contributed by atoms with Gasteiger partial charge in [0.2, 0.25) is 11.8 Å². The van der Waals surface area contributed by atoms with Crippen molar-refractivity contribution in [3.05, 3.63) is 59.7 Å². The Morgan fingerprint density at radius 2 is 1.75 bits per heavy atom. The molecule has 0 radical (unpaired) electrons. The van der Waals surface area contributed by atoms with Crippen LogP contribution in [-0.4, -0.2) is 17.7 Å². The molecule has 3 atom stereocenters. The topological polar surface area (TPSA) is 66.5 Å². The van der Waals surface area contributed by atoms with Crippen molar-refractivity contribution in [2.75, 3.05) is 10.2 Å². The first-order chi connectivity index (χ1) is 13.5. The number of para-hydroxylation sites is 1. The summed E-state index contributed by atoms with van der Waals surface area (Å²) in [6.07, 6.45) is 2.51. The number of nitrogens with zero attached hydrogens (tertiary/aromatic N) is 1. The molecule has 1 saturated heterocycles. The van der Waals surface area contributed by atoms with Gasteiger partial charge in [-0.25, -0.2) is 0 Å². The standard InChI is InChI=1S/C23H24N2O3/c1-14-10-11-18-19(12-14)23(28)25(22(18)27)17-8-5-7-16(13-17)21(26)24-20-9-4-3-6-15(20)2/h3-9,13-14,18-19H,10-12H2,1-2H3,(H,24,26)/t14-,18+,19-/m1/s1. The van der Waals surface area contributed by atoms with Gasteiger partial charge in [0, 0.05) is 11.3 Å². The Hall–Kier alpha value is -2.95. The van der Waals surface area contributed by atoms with Crippen molar-refractivity contribution in [2.45, 2.75) is 33.1 Å². The van der Waals surface area contributed by atoms with Gasteiger partial charge in [0.15, 0.2) is 0 Å². The van der Waals surface area contributed by atoms with Crippen molar-refractivity contribution in [1.29, 1.82) is 0 Å². The van der Waals surface area contributed by atoms with Crippen LogP contribution in [0.15, 0.2) is 48.5 Å². The third kappa shape index (κ3) is 3.21. The highest BCUT2D eigenvalue weighted by Gasteiger charge is 2.50. The minimum atomic E-state index is -0.263. The second-order valence-electron chi connectivity index (χ2n) is 7.96. The van der Waals surface area contributed by atoms with E-state index in [1.807, 2.05) is 31.2 Å². The van der Waals surface area contributed by atoms with Gasteiger partial charge in [-0.05, 0) is 61.9 Å². The van der Waals surface area contributed by atoms with Crippen LogP contribution in [0.1, 0.15) is 42.1 Å².